The van der Waals surface area contributed by atoms with Crippen LogP contribution in [0.25, 0.3) is 0 Å². The fraction of sp³-hybridized carbons (Fsp3) is 0.833. The maximum Gasteiger partial charge on any atom is 0.307 e. The predicted molar refractivity (Wildman–Crippen MR) is 62.9 cm³/mol. The van der Waals surface area contributed by atoms with Gasteiger partial charge in [0.2, 0.25) is 5.91 Å². The molecule has 1 atom stereocenters. The zero-order valence-electron chi connectivity index (χ0n) is 10.9. The van der Waals surface area contributed by atoms with Crippen LogP contribution in [0.4, 0.5) is 0 Å². The molecule has 94 valence electrons. The molecule has 4 heteroatoms. The van der Waals surface area contributed by atoms with Crippen molar-refractivity contribution in [3.63, 3.8) is 0 Å². The molecular weight excluding hydrogens is 206 g/mol. The van der Waals surface area contributed by atoms with Gasteiger partial charge in [0.05, 0.1) is 13.5 Å². The largest absolute Gasteiger partial charge is 0.469 e. The molecule has 0 aliphatic rings. The molecule has 0 aliphatic carbocycles. The second-order valence-electron chi connectivity index (χ2n) is 5.15. The maximum absolute atomic E-state index is 11.5. The molecule has 1 N–H and O–H groups in total. The highest BCUT2D eigenvalue weighted by atomic mass is 16.5. The highest BCUT2D eigenvalue weighted by Gasteiger charge is 2.22. The number of methoxy groups -OCH3 is 1. The number of hydrogen-bond acceptors (Lipinski definition) is 3. The van der Waals surface area contributed by atoms with Crippen molar-refractivity contribution in [2.24, 2.45) is 11.3 Å². The van der Waals surface area contributed by atoms with Crippen LogP contribution in [0, 0.1) is 11.3 Å². The van der Waals surface area contributed by atoms with Crippen LogP contribution < -0.4 is 5.32 Å². The Morgan fingerprint density at radius 2 is 1.88 bits per heavy atom. The Kier molecular flexibility index (Phi) is 6.08. The lowest BCUT2D eigenvalue weighted by Gasteiger charge is -2.26. The quantitative estimate of drug-likeness (QED) is 0.730. The van der Waals surface area contributed by atoms with Gasteiger partial charge in [-0.1, -0.05) is 27.7 Å². The molecule has 0 aromatic heterocycles. The van der Waals surface area contributed by atoms with Gasteiger partial charge in [-0.2, -0.15) is 0 Å². The van der Waals surface area contributed by atoms with Gasteiger partial charge in [-0.15, -0.1) is 0 Å². The van der Waals surface area contributed by atoms with E-state index in [1.807, 2.05) is 0 Å². The van der Waals surface area contributed by atoms with E-state index in [9.17, 15) is 9.59 Å². The SMILES string of the molecule is COC(=O)CCNC(=O)C[C@@H](C)C(C)(C)C. The lowest BCUT2D eigenvalue weighted by Crippen LogP contribution is -2.30. The third-order valence-corrected chi connectivity index (χ3v) is 2.85. The third kappa shape index (κ3) is 6.43. The Hall–Kier alpha value is -1.06. The van der Waals surface area contributed by atoms with Gasteiger partial charge in [-0.25, -0.2) is 0 Å². The molecule has 0 saturated heterocycles. The molecule has 16 heavy (non-hydrogen) atoms. The highest BCUT2D eigenvalue weighted by Crippen LogP contribution is 2.27. The van der Waals surface area contributed by atoms with E-state index in [-0.39, 0.29) is 23.7 Å². The predicted octanol–water partition coefficient (Wildman–Crippen LogP) is 1.74. The summed E-state index contributed by atoms with van der Waals surface area (Å²) in [5, 5.41) is 2.71. The van der Waals surface area contributed by atoms with E-state index in [1.54, 1.807) is 0 Å². The average molecular weight is 229 g/mol. The van der Waals surface area contributed by atoms with Gasteiger partial charge in [-0.3, -0.25) is 9.59 Å². The van der Waals surface area contributed by atoms with Crippen LogP contribution in [-0.4, -0.2) is 25.5 Å². The minimum atomic E-state index is -0.302. The van der Waals surface area contributed by atoms with Crippen molar-refractivity contribution in [2.45, 2.75) is 40.5 Å². The molecule has 4 nitrogen and oxygen atoms in total. The van der Waals surface area contributed by atoms with Crippen molar-refractivity contribution >= 4 is 11.9 Å². The first-order valence-electron chi connectivity index (χ1n) is 5.61. The van der Waals surface area contributed by atoms with Crippen LogP contribution in [-0.2, 0) is 14.3 Å². The van der Waals surface area contributed by atoms with Gasteiger partial charge in [-0.05, 0) is 11.3 Å². The maximum atomic E-state index is 11.5. The molecule has 0 rings (SSSR count). The smallest absolute Gasteiger partial charge is 0.307 e. The van der Waals surface area contributed by atoms with Crippen molar-refractivity contribution in [3.8, 4) is 0 Å². The number of ether oxygens (including phenoxy) is 1. The highest BCUT2D eigenvalue weighted by molar-refractivity contribution is 5.77. The van der Waals surface area contributed by atoms with E-state index in [4.69, 9.17) is 0 Å². The number of esters is 1. The number of carbonyl (C=O) groups excluding carboxylic acids is 2. The van der Waals surface area contributed by atoms with Gasteiger partial charge >= 0.3 is 5.97 Å². The van der Waals surface area contributed by atoms with Crippen molar-refractivity contribution in [3.05, 3.63) is 0 Å². The summed E-state index contributed by atoms with van der Waals surface area (Å²) in [6, 6.07) is 0. The Morgan fingerprint density at radius 3 is 2.31 bits per heavy atom. The van der Waals surface area contributed by atoms with E-state index in [1.165, 1.54) is 7.11 Å². The van der Waals surface area contributed by atoms with Crippen molar-refractivity contribution in [1.82, 2.24) is 5.32 Å². The third-order valence-electron chi connectivity index (χ3n) is 2.85. The number of hydrogen-bond donors (Lipinski definition) is 1. The van der Waals surface area contributed by atoms with E-state index in [2.05, 4.69) is 37.7 Å². The Balaban J connectivity index is 3.79. The molecule has 0 heterocycles. The fourth-order valence-corrected chi connectivity index (χ4v) is 1.06. The summed E-state index contributed by atoms with van der Waals surface area (Å²) in [7, 11) is 1.34. The molecule has 1 amide bonds. The minimum Gasteiger partial charge on any atom is -0.469 e. The zero-order chi connectivity index (χ0) is 12.8. The van der Waals surface area contributed by atoms with Gasteiger partial charge in [0.15, 0.2) is 0 Å². The summed E-state index contributed by atoms with van der Waals surface area (Å²) in [5.74, 6) is 0.00104. The van der Waals surface area contributed by atoms with Crippen LogP contribution in [0.3, 0.4) is 0 Å². The number of nitrogens with one attached hydrogen (secondary N) is 1. The zero-order valence-corrected chi connectivity index (χ0v) is 10.9. The van der Waals surface area contributed by atoms with Gasteiger partial charge in [0.25, 0.3) is 0 Å². The summed E-state index contributed by atoms with van der Waals surface area (Å²) in [5.41, 5.74) is 0.125. The van der Waals surface area contributed by atoms with Crippen molar-refractivity contribution in [2.75, 3.05) is 13.7 Å². The van der Waals surface area contributed by atoms with Crippen LogP contribution >= 0.6 is 0 Å². The lowest BCUT2D eigenvalue weighted by atomic mass is 9.80. The number of amides is 1. The Labute approximate surface area is 97.7 Å². The first kappa shape index (κ1) is 14.9. The molecule has 0 aromatic rings. The summed E-state index contributed by atoms with van der Waals surface area (Å²) >= 11 is 0. The van der Waals surface area contributed by atoms with E-state index in [0.717, 1.165) is 0 Å². The topological polar surface area (TPSA) is 55.4 Å². The van der Waals surface area contributed by atoms with Crippen LogP contribution in [0.2, 0.25) is 0 Å². The monoisotopic (exact) mass is 229 g/mol. The molecule has 0 spiro atoms. The average Bonchev–Trinajstić information content (AvgIpc) is 2.15. The standard InChI is InChI=1S/C12H23NO3/c1-9(12(2,3)4)8-10(14)13-7-6-11(15)16-5/h9H,6-8H2,1-5H3,(H,13,14)/t9-/m1/s1. The van der Waals surface area contributed by atoms with Crippen molar-refractivity contribution in [1.29, 1.82) is 0 Å². The molecule has 0 saturated carbocycles. The molecule has 0 bridgehead atoms. The first-order valence-corrected chi connectivity index (χ1v) is 5.61. The molecular formula is C12H23NO3. The van der Waals surface area contributed by atoms with Gasteiger partial charge in [0.1, 0.15) is 0 Å². The van der Waals surface area contributed by atoms with Gasteiger partial charge < -0.3 is 10.1 Å². The van der Waals surface area contributed by atoms with Crippen LogP contribution in [0.5, 0.6) is 0 Å². The summed E-state index contributed by atoms with van der Waals surface area (Å²) in [6.45, 7) is 8.74. The summed E-state index contributed by atoms with van der Waals surface area (Å²) < 4.78 is 4.48. The second kappa shape index (κ2) is 6.51. The normalized spacial score (nSPS) is 13.1. The van der Waals surface area contributed by atoms with Crippen LogP contribution in [0.15, 0.2) is 0 Å². The number of carbonyl (C=O) groups is 2. The molecule has 0 aliphatic heterocycles. The van der Waals surface area contributed by atoms with Gasteiger partial charge in [0, 0.05) is 13.0 Å². The van der Waals surface area contributed by atoms with E-state index in [0.29, 0.717) is 18.9 Å². The molecule has 0 fully saturated rings. The minimum absolute atomic E-state index is 0.00803. The lowest BCUT2D eigenvalue weighted by molar-refractivity contribution is -0.140. The summed E-state index contributed by atoms with van der Waals surface area (Å²) in [6.07, 6.45) is 0.719. The molecule has 0 unspecified atom stereocenters. The Morgan fingerprint density at radius 1 is 1.31 bits per heavy atom. The van der Waals surface area contributed by atoms with Crippen LogP contribution in [0.1, 0.15) is 40.5 Å². The molecule has 0 radical (unpaired) electrons. The van der Waals surface area contributed by atoms with E-state index >= 15 is 0 Å². The van der Waals surface area contributed by atoms with Crippen molar-refractivity contribution < 1.29 is 14.3 Å². The summed E-state index contributed by atoms with van der Waals surface area (Å²) in [4.78, 5) is 22.3. The van der Waals surface area contributed by atoms with E-state index < -0.39 is 0 Å². The fourth-order valence-electron chi connectivity index (χ4n) is 1.06. The first-order chi connectivity index (χ1) is 7.27. The Bertz CT molecular complexity index is 243. The molecule has 0 aromatic carbocycles. The second-order valence-corrected chi connectivity index (χ2v) is 5.15. The number of rotatable bonds is 5.